The molecule has 2 atom stereocenters. The van der Waals surface area contributed by atoms with Crippen molar-refractivity contribution in [2.75, 3.05) is 25.0 Å². The maximum Gasteiger partial charge on any atom is 0.319 e. The van der Waals surface area contributed by atoms with Gasteiger partial charge in [-0.3, -0.25) is 10.1 Å². The fraction of sp³-hybridized carbons (Fsp3) is 0.591. The van der Waals surface area contributed by atoms with Gasteiger partial charge in [0.05, 0.1) is 5.92 Å². The highest BCUT2D eigenvalue weighted by atomic mass is 32.1. The highest BCUT2D eigenvalue weighted by molar-refractivity contribution is 7.11. The zero-order chi connectivity index (χ0) is 24.7. The molecule has 0 aromatic carbocycles. The van der Waals surface area contributed by atoms with Gasteiger partial charge >= 0.3 is 6.03 Å². The molecule has 0 radical (unpaired) electrons. The van der Waals surface area contributed by atoms with Crippen molar-refractivity contribution in [2.24, 2.45) is 11.7 Å². The molecule has 188 valence electrons. The summed E-state index contributed by atoms with van der Waals surface area (Å²) in [6, 6.07) is -0.0168. The maximum atomic E-state index is 14.6. The van der Waals surface area contributed by atoms with Crippen molar-refractivity contribution in [3.63, 3.8) is 0 Å². The number of ether oxygens (including phenoxy) is 1. The summed E-state index contributed by atoms with van der Waals surface area (Å²) in [4.78, 5) is 24.1. The summed E-state index contributed by atoms with van der Waals surface area (Å²) in [6.45, 7) is 1.48. The van der Waals surface area contributed by atoms with Gasteiger partial charge in [0.15, 0.2) is 5.67 Å². The predicted octanol–water partition coefficient (Wildman–Crippen LogP) is 4.12. The lowest BCUT2D eigenvalue weighted by Gasteiger charge is -2.30. The molecular weight excluding hydrogens is 471 g/mol. The van der Waals surface area contributed by atoms with Crippen LogP contribution in [0.2, 0.25) is 0 Å². The van der Waals surface area contributed by atoms with Crippen molar-refractivity contribution in [3.8, 4) is 5.88 Å². The first-order chi connectivity index (χ1) is 16.2. The third-order valence-electron chi connectivity index (χ3n) is 6.04. The van der Waals surface area contributed by atoms with E-state index in [4.69, 9.17) is 10.5 Å². The molecule has 34 heavy (non-hydrogen) atoms. The Balaban J connectivity index is 1.50. The van der Waals surface area contributed by atoms with Crippen LogP contribution in [-0.2, 0) is 0 Å². The van der Waals surface area contributed by atoms with Gasteiger partial charge in [-0.25, -0.2) is 18.0 Å². The lowest BCUT2D eigenvalue weighted by Crippen LogP contribution is -2.37. The van der Waals surface area contributed by atoms with Gasteiger partial charge in [0, 0.05) is 12.6 Å². The van der Waals surface area contributed by atoms with Crippen LogP contribution in [0.4, 0.5) is 23.0 Å². The van der Waals surface area contributed by atoms with Crippen LogP contribution in [0, 0.1) is 5.92 Å². The van der Waals surface area contributed by atoms with Gasteiger partial charge in [0.1, 0.15) is 28.8 Å². The number of carbonyl (C=O) groups is 2. The van der Waals surface area contributed by atoms with Gasteiger partial charge in [-0.2, -0.15) is 4.37 Å². The van der Waals surface area contributed by atoms with E-state index in [9.17, 15) is 22.8 Å². The van der Waals surface area contributed by atoms with Crippen LogP contribution in [0.1, 0.15) is 55.8 Å². The number of primary amides is 1. The summed E-state index contributed by atoms with van der Waals surface area (Å²) in [5.41, 5.74) is 2.55. The molecule has 1 heterocycles. The fourth-order valence-electron chi connectivity index (χ4n) is 3.98. The van der Waals surface area contributed by atoms with Crippen molar-refractivity contribution < 1.29 is 27.5 Å². The number of nitrogens with two attached hydrogens (primary N) is 1. The molecule has 0 spiro atoms. The Hall–Kier alpha value is -2.60. The highest BCUT2D eigenvalue weighted by Gasteiger charge is 2.44. The average Bonchev–Trinajstić information content (AvgIpc) is 3.19. The fourth-order valence-corrected chi connectivity index (χ4v) is 4.72. The zero-order valence-corrected chi connectivity index (χ0v) is 19.8. The van der Waals surface area contributed by atoms with Crippen molar-refractivity contribution in [2.45, 2.75) is 57.2 Å². The van der Waals surface area contributed by atoms with E-state index >= 15 is 0 Å². The minimum absolute atomic E-state index is 0.0362. The zero-order valence-electron chi connectivity index (χ0n) is 19.0. The van der Waals surface area contributed by atoms with E-state index in [1.165, 1.54) is 32.1 Å². The van der Waals surface area contributed by atoms with E-state index in [1.54, 1.807) is 0 Å². The van der Waals surface area contributed by atoms with Crippen molar-refractivity contribution in [1.29, 1.82) is 0 Å². The van der Waals surface area contributed by atoms with Crippen molar-refractivity contribution in [1.82, 2.24) is 15.0 Å². The van der Waals surface area contributed by atoms with Crippen LogP contribution in [-0.4, -0.2) is 47.7 Å². The highest BCUT2D eigenvalue weighted by Crippen LogP contribution is 2.40. The first-order valence-electron chi connectivity index (χ1n) is 11.3. The molecule has 0 aliphatic heterocycles. The summed E-state index contributed by atoms with van der Waals surface area (Å²) in [7, 11) is 0. The molecule has 12 heteroatoms. The third-order valence-corrected chi connectivity index (χ3v) is 6.79. The average molecular weight is 502 g/mol. The molecule has 8 nitrogen and oxygen atoms in total. The van der Waals surface area contributed by atoms with Crippen LogP contribution >= 0.6 is 11.5 Å². The number of amides is 3. The Morgan fingerprint density at radius 3 is 2.68 bits per heavy atom. The molecule has 1 saturated carbocycles. The lowest BCUT2D eigenvalue weighted by atomic mass is 9.85. The van der Waals surface area contributed by atoms with Crippen LogP contribution in [0.3, 0.4) is 0 Å². The Bertz CT molecular complexity index is 944. The summed E-state index contributed by atoms with van der Waals surface area (Å²) in [5.74, 6) is -4.84. The smallest absolute Gasteiger partial charge is 0.319 e. The van der Waals surface area contributed by atoms with Crippen molar-refractivity contribution >= 4 is 28.5 Å². The van der Waals surface area contributed by atoms with E-state index in [1.807, 2.05) is 0 Å². The van der Waals surface area contributed by atoms with Crippen LogP contribution in [0.5, 0.6) is 5.88 Å². The van der Waals surface area contributed by atoms with Gasteiger partial charge < -0.3 is 21.1 Å². The number of alkyl halides is 1. The van der Waals surface area contributed by atoms with Gasteiger partial charge in [-0.15, -0.1) is 0 Å². The number of carbonyl (C=O) groups excluding carboxylic acids is 2. The monoisotopic (exact) mass is 501 g/mol. The summed E-state index contributed by atoms with van der Waals surface area (Å²) >= 11 is 0.735. The standard InChI is InChI=1S/C22H30F3N5O3S/c1-22(25)14(15(23)8-9-16(22)24)12-33-19-17(18(26)31)20(34-30-19)29-21(32)28-11-5-10-27-13-6-3-2-4-7-13/h8-9,13-14,27H,2-7,10-12H2,1H3,(H2,26,31)(H2,28,29,32). The predicted molar refractivity (Wildman–Crippen MR) is 124 cm³/mol. The molecule has 1 aromatic heterocycles. The van der Waals surface area contributed by atoms with Crippen LogP contribution < -0.4 is 26.4 Å². The van der Waals surface area contributed by atoms with Gasteiger partial charge in [-0.05, 0) is 56.4 Å². The van der Waals surface area contributed by atoms with E-state index in [-0.39, 0.29) is 16.4 Å². The second kappa shape index (κ2) is 11.7. The van der Waals surface area contributed by atoms with Crippen LogP contribution in [0.25, 0.3) is 0 Å². The summed E-state index contributed by atoms with van der Waals surface area (Å²) in [6.07, 6.45) is 8.41. The minimum Gasteiger partial charge on any atom is -0.476 e. The first kappa shape index (κ1) is 26.0. The summed E-state index contributed by atoms with van der Waals surface area (Å²) < 4.78 is 51.7. The van der Waals surface area contributed by atoms with Gasteiger partial charge in [-0.1, -0.05) is 19.3 Å². The molecule has 5 N–H and O–H groups in total. The molecule has 1 fully saturated rings. The number of halogens is 3. The third kappa shape index (κ3) is 6.50. The second-order valence-corrected chi connectivity index (χ2v) is 9.36. The molecule has 3 rings (SSSR count). The molecule has 3 amide bonds. The van der Waals surface area contributed by atoms with E-state index in [2.05, 4.69) is 20.3 Å². The second-order valence-electron chi connectivity index (χ2n) is 8.58. The molecule has 1 aromatic rings. The molecular formula is C22H30F3N5O3S. The number of nitrogens with zero attached hydrogens (tertiary/aromatic N) is 1. The van der Waals surface area contributed by atoms with E-state index in [0.717, 1.165) is 43.6 Å². The van der Waals surface area contributed by atoms with E-state index < -0.39 is 41.8 Å². The largest absolute Gasteiger partial charge is 0.476 e. The van der Waals surface area contributed by atoms with Gasteiger partial charge in [0.2, 0.25) is 5.88 Å². The number of rotatable bonds is 10. The molecule has 2 aliphatic carbocycles. The Morgan fingerprint density at radius 1 is 1.24 bits per heavy atom. The normalized spacial score (nSPS) is 23.1. The summed E-state index contributed by atoms with van der Waals surface area (Å²) in [5, 5.41) is 8.71. The molecule has 0 saturated heterocycles. The van der Waals surface area contributed by atoms with Crippen LogP contribution in [0.15, 0.2) is 23.8 Å². The van der Waals surface area contributed by atoms with E-state index in [0.29, 0.717) is 12.6 Å². The lowest BCUT2D eigenvalue weighted by molar-refractivity contribution is 0.0783. The Morgan fingerprint density at radius 2 is 1.97 bits per heavy atom. The Labute approximate surface area is 200 Å². The number of hydrogen-bond acceptors (Lipinski definition) is 6. The number of urea groups is 1. The number of aromatic nitrogens is 1. The minimum atomic E-state index is -2.62. The molecule has 0 bridgehead atoms. The first-order valence-corrected chi connectivity index (χ1v) is 12.1. The number of allylic oxidation sites excluding steroid dienone is 3. The molecule has 2 aliphatic rings. The van der Waals surface area contributed by atoms with Gasteiger partial charge in [0.25, 0.3) is 5.91 Å². The Kier molecular flexibility index (Phi) is 8.95. The number of hydrogen-bond donors (Lipinski definition) is 4. The maximum absolute atomic E-state index is 14.6. The SMILES string of the molecule is CC1(F)C(F)=CC=C(F)C1COc1nsc(NC(=O)NCCCNC2CCCCC2)c1C(N)=O. The molecule has 2 unspecified atom stereocenters. The van der Waals surface area contributed by atoms with Crippen molar-refractivity contribution in [3.05, 3.63) is 29.4 Å². The number of nitrogens with one attached hydrogen (secondary N) is 3. The topological polar surface area (TPSA) is 118 Å². The number of anilines is 1. The quantitative estimate of drug-likeness (QED) is 0.360.